The molecule has 1 aromatic heterocycles. The van der Waals surface area contributed by atoms with E-state index in [0.29, 0.717) is 55.1 Å². The first-order valence-electron chi connectivity index (χ1n) is 11.0. The number of anilines is 3. The molecule has 1 aliphatic heterocycles. The maximum atomic E-state index is 12.4. The molecule has 11 heteroatoms. The number of amides is 1. The summed E-state index contributed by atoms with van der Waals surface area (Å²) in [5.74, 6) is -0.225. The molecule has 1 saturated carbocycles. The minimum atomic E-state index is -0.680. The lowest BCUT2D eigenvalue weighted by Gasteiger charge is -2.37. The van der Waals surface area contributed by atoms with Gasteiger partial charge in [-0.1, -0.05) is 23.7 Å². The van der Waals surface area contributed by atoms with E-state index in [9.17, 15) is 14.4 Å². The number of carbonyl (C=O) groups excluding carboxylic acids is 1. The molecule has 0 spiro atoms. The fourth-order valence-corrected chi connectivity index (χ4v) is 4.55. The Morgan fingerprint density at radius 2 is 1.62 bits per heavy atom. The predicted molar refractivity (Wildman–Crippen MR) is 128 cm³/mol. The van der Waals surface area contributed by atoms with Gasteiger partial charge in [-0.15, -0.1) is 0 Å². The van der Waals surface area contributed by atoms with Crippen molar-refractivity contribution in [3.63, 3.8) is 0 Å². The lowest BCUT2D eigenvalue weighted by molar-refractivity contribution is 0.0705. The van der Waals surface area contributed by atoms with Gasteiger partial charge in [-0.3, -0.25) is 19.6 Å². The third kappa shape index (κ3) is 3.99. The molecule has 1 aliphatic carbocycles. The molecule has 0 atom stereocenters. The largest absolute Gasteiger partial charge is 0.379 e. The summed E-state index contributed by atoms with van der Waals surface area (Å²) >= 11 is 6.01. The Kier molecular flexibility index (Phi) is 5.70. The average Bonchev–Trinajstić information content (AvgIpc) is 3.67. The Bertz CT molecular complexity index is 1270. The minimum absolute atomic E-state index is 0.0310. The monoisotopic (exact) mass is 482 g/mol. The SMILES string of the molecule is O=C(NO)c1cnc(N2CCN(c3c(NCC4(c5ccc(Cl)cc5)CC4)c(=O)c3=O)CC2)nc1. The summed E-state index contributed by atoms with van der Waals surface area (Å²) in [6, 6.07) is 7.78. The van der Waals surface area contributed by atoms with Crippen LogP contribution in [0.4, 0.5) is 17.3 Å². The van der Waals surface area contributed by atoms with Crippen LogP contribution in [0.3, 0.4) is 0 Å². The van der Waals surface area contributed by atoms with Crippen LogP contribution in [-0.4, -0.2) is 53.8 Å². The van der Waals surface area contributed by atoms with Gasteiger partial charge in [-0.05, 0) is 30.5 Å². The van der Waals surface area contributed by atoms with E-state index in [2.05, 4.69) is 15.3 Å². The Hall–Kier alpha value is -3.50. The number of nitrogens with one attached hydrogen (secondary N) is 2. The van der Waals surface area contributed by atoms with Gasteiger partial charge in [0.25, 0.3) is 16.8 Å². The summed E-state index contributed by atoms with van der Waals surface area (Å²) in [4.78, 5) is 48.4. The fourth-order valence-electron chi connectivity index (χ4n) is 4.42. The third-order valence-electron chi connectivity index (χ3n) is 6.68. The number of aromatic nitrogens is 2. The zero-order valence-electron chi connectivity index (χ0n) is 18.3. The van der Waals surface area contributed by atoms with Crippen LogP contribution in [0, 0.1) is 0 Å². The van der Waals surface area contributed by atoms with E-state index in [4.69, 9.17) is 16.8 Å². The number of piperazine rings is 1. The molecule has 0 bridgehead atoms. The maximum Gasteiger partial charge on any atom is 0.277 e. The molecule has 176 valence electrons. The number of hydrogen-bond donors (Lipinski definition) is 3. The summed E-state index contributed by atoms with van der Waals surface area (Å²) in [6.07, 6.45) is 4.72. The number of hydrogen-bond acceptors (Lipinski definition) is 9. The highest BCUT2D eigenvalue weighted by atomic mass is 35.5. The highest BCUT2D eigenvalue weighted by Crippen LogP contribution is 2.48. The van der Waals surface area contributed by atoms with Crippen LogP contribution >= 0.6 is 11.6 Å². The molecule has 0 radical (unpaired) electrons. The first-order valence-corrected chi connectivity index (χ1v) is 11.4. The molecule has 2 heterocycles. The van der Waals surface area contributed by atoms with Crippen molar-refractivity contribution in [2.45, 2.75) is 18.3 Å². The molecule has 2 aliphatic rings. The molecule has 10 nitrogen and oxygen atoms in total. The van der Waals surface area contributed by atoms with E-state index in [1.807, 2.05) is 34.1 Å². The molecule has 1 amide bonds. The maximum absolute atomic E-state index is 12.4. The Morgan fingerprint density at radius 1 is 1.00 bits per heavy atom. The van der Waals surface area contributed by atoms with Gasteiger partial charge < -0.3 is 15.1 Å². The third-order valence-corrected chi connectivity index (χ3v) is 6.93. The minimum Gasteiger partial charge on any atom is -0.379 e. The zero-order valence-corrected chi connectivity index (χ0v) is 19.0. The topological polar surface area (TPSA) is 128 Å². The number of carbonyl (C=O) groups is 1. The molecule has 2 fully saturated rings. The quantitative estimate of drug-likeness (QED) is 0.259. The number of halogens is 1. The van der Waals surface area contributed by atoms with Crippen LogP contribution in [0.1, 0.15) is 28.8 Å². The van der Waals surface area contributed by atoms with Crippen molar-refractivity contribution in [2.75, 3.05) is 47.8 Å². The van der Waals surface area contributed by atoms with Crippen molar-refractivity contribution in [3.8, 4) is 0 Å². The first kappa shape index (κ1) is 22.3. The molecular weight excluding hydrogens is 460 g/mol. The predicted octanol–water partition coefficient (Wildman–Crippen LogP) is 1.32. The molecule has 3 aromatic rings. The molecule has 34 heavy (non-hydrogen) atoms. The molecule has 3 N–H and O–H groups in total. The van der Waals surface area contributed by atoms with Gasteiger partial charge in [0, 0.05) is 55.6 Å². The van der Waals surface area contributed by atoms with Crippen molar-refractivity contribution >= 4 is 34.8 Å². The molecule has 5 rings (SSSR count). The summed E-state index contributed by atoms with van der Waals surface area (Å²) < 4.78 is 0. The first-order chi connectivity index (χ1) is 16.4. The molecule has 0 unspecified atom stereocenters. The zero-order chi connectivity index (χ0) is 23.9. The van der Waals surface area contributed by atoms with E-state index in [1.54, 1.807) is 5.48 Å². The van der Waals surface area contributed by atoms with E-state index in [-0.39, 0.29) is 11.0 Å². The average molecular weight is 483 g/mol. The van der Waals surface area contributed by atoms with Crippen LogP contribution in [0.5, 0.6) is 0 Å². The summed E-state index contributed by atoms with van der Waals surface area (Å²) in [7, 11) is 0. The van der Waals surface area contributed by atoms with Crippen LogP contribution in [0.15, 0.2) is 46.2 Å². The van der Waals surface area contributed by atoms with Crippen LogP contribution in [-0.2, 0) is 5.41 Å². The number of hydroxylamine groups is 1. The van der Waals surface area contributed by atoms with Gasteiger partial charge in [0.1, 0.15) is 11.4 Å². The van der Waals surface area contributed by atoms with E-state index >= 15 is 0 Å². The summed E-state index contributed by atoms with van der Waals surface area (Å²) in [5.41, 5.74) is 2.77. The fraction of sp³-hybridized carbons (Fsp3) is 0.348. The van der Waals surface area contributed by atoms with Gasteiger partial charge in [0.05, 0.1) is 5.56 Å². The van der Waals surface area contributed by atoms with Crippen LogP contribution in [0.25, 0.3) is 0 Å². The van der Waals surface area contributed by atoms with Crippen molar-refractivity contribution < 1.29 is 10.0 Å². The van der Waals surface area contributed by atoms with Gasteiger partial charge in [0.2, 0.25) is 5.95 Å². The van der Waals surface area contributed by atoms with Crippen LogP contribution in [0.2, 0.25) is 5.02 Å². The Balaban J connectivity index is 1.23. The highest BCUT2D eigenvalue weighted by molar-refractivity contribution is 6.30. The lowest BCUT2D eigenvalue weighted by atomic mass is 9.95. The Morgan fingerprint density at radius 3 is 2.21 bits per heavy atom. The van der Waals surface area contributed by atoms with Crippen molar-refractivity contribution in [1.29, 1.82) is 0 Å². The normalized spacial score (nSPS) is 17.0. The van der Waals surface area contributed by atoms with Gasteiger partial charge >= 0.3 is 0 Å². The van der Waals surface area contributed by atoms with Crippen LogP contribution < -0.4 is 31.5 Å². The lowest BCUT2D eigenvalue weighted by Crippen LogP contribution is -2.52. The second-order valence-electron chi connectivity index (χ2n) is 8.71. The second kappa shape index (κ2) is 8.69. The summed E-state index contributed by atoms with van der Waals surface area (Å²) in [6.45, 7) is 2.76. The highest BCUT2D eigenvalue weighted by Gasteiger charge is 2.44. The van der Waals surface area contributed by atoms with Crippen molar-refractivity contribution in [1.82, 2.24) is 15.4 Å². The van der Waals surface area contributed by atoms with Gasteiger partial charge in [-0.2, -0.15) is 0 Å². The van der Waals surface area contributed by atoms with Gasteiger partial charge in [0.15, 0.2) is 0 Å². The second-order valence-corrected chi connectivity index (χ2v) is 9.15. The Labute approximate surface area is 199 Å². The van der Waals surface area contributed by atoms with Gasteiger partial charge in [-0.25, -0.2) is 15.4 Å². The molecule has 1 saturated heterocycles. The smallest absolute Gasteiger partial charge is 0.277 e. The van der Waals surface area contributed by atoms with E-state index in [0.717, 1.165) is 12.8 Å². The number of benzene rings is 1. The van der Waals surface area contributed by atoms with E-state index < -0.39 is 16.8 Å². The molecule has 2 aromatic carbocycles. The summed E-state index contributed by atoms with van der Waals surface area (Å²) in [5, 5.41) is 12.6. The standard InChI is InChI=1S/C23H23ClN6O4/c24-16-3-1-15(2-4-16)23(5-6-23)13-27-17-18(20(32)19(17)31)29-7-9-30(10-8-29)22-25-11-14(12-26-22)21(33)28-34/h1-4,11-12,27,34H,5-10,13H2,(H,28,33). The number of nitrogens with zero attached hydrogens (tertiary/aromatic N) is 4. The number of rotatable bonds is 7. The van der Waals surface area contributed by atoms with Crippen molar-refractivity contribution in [2.24, 2.45) is 0 Å². The molecular formula is C23H23ClN6O4. The van der Waals surface area contributed by atoms with E-state index in [1.165, 1.54) is 18.0 Å². The van der Waals surface area contributed by atoms with Crippen molar-refractivity contribution in [3.05, 3.63) is 73.3 Å².